The van der Waals surface area contributed by atoms with Gasteiger partial charge in [0.25, 0.3) is 0 Å². The van der Waals surface area contributed by atoms with Crippen molar-refractivity contribution < 1.29 is 9.53 Å². The number of rotatable bonds is 3. The summed E-state index contributed by atoms with van der Waals surface area (Å²) in [5.74, 6) is 1.75. The number of hydrogen-bond acceptors (Lipinski definition) is 6. The Morgan fingerprint density at radius 2 is 1.65 bits per heavy atom. The van der Waals surface area contributed by atoms with E-state index in [0.29, 0.717) is 23.3 Å². The first-order valence-corrected chi connectivity index (χ1v) is 7.28. The van der Waals surface area contributed by atoms with Crippen molar-refractivity contribution in [2.45, 2.75) is 40.2 Å². The molecule has 0 saturated carbocycles. The molecular formula is C16H21N5O2. The van der Waals surface area contributed by atoms with Gasteiger partial charge in [0.2, 0.25) is 5.95 Å². The Balaban J connectivity index is 2.09. The molecule has 0 aliphatic rings. The van der Waals surface area contributed by atoms with E-state index in [-0.39, 0.29) is 0 Å². The summed E-state index contributed by atoms with van der Waals surface area (Å²) in [6.07, 6.45) is -0.499. The van der Waals surface area contributed by atoms with Gasteiger partial charge in [-0.2, -0.15) is 9.97 Å². The molecule has 0 aliphatic heterocycles. The van der Waals surface area contributed by atoms with Gasteiger partial charge in [-0.05, 0) is 52.8 Å². The molecule has 1 amide bonds. The Labute approximate surface area is 135 Å². The molecule has 2 aromatic rings. The molecular weight excluding hydrogens is 294 g/mol. The molecule has 0 saturated heterocycles. The highest BCUT2D eigenvalue weighted by atomic mass is 16.6. The number of nitrogens with zero attached hydrogens (tertiary/aromatic N) is 3. The van der Waals surface area contributed by atoms with Crippen molar-refractivity contribution >= 4 is 23.4 Å². The standard InChI is InChI=1S/C16H21N5O2/c1-10-17-11(2)19-14(18-10)20-12-7-6-8-13(9-12)21-15(22)23-16(3,4)5/h6-9H,1-5H3,(H,21,22)(H,17,18,19,20). The van der Waals surface area contributed by atoms with E-state index in [9.17, 15) is 4.79 Å². The largest absolute Gasteiger partial charge is 0.444 e. The Morgan fingerprint density at radius 3 is 2.26 bits per heavy atom. The van der Waals surface area contributed by atoms with E-state index in [1.807, 2.05) is 32.9 Å². The number of hydrogen-bond donors (Lipinski definition) is 2. The minimum atomic E-state index is -0.542. The van der Waals surface area contributed by atoms with Gasteiger partial charge in [-0.25, -0.2) is 9.78 Å². The summed E-state index contributed by atoms with van der Waals surface area (Å²) in [6, 6.07) is 7.22. The van der Waals surface area contributed by atoms with Gasteiger partial charge in [0.15, 0.2) is 0 Å². The van der Waals surface area contributed by atoms with Gasteiger partial charge in [-0.3, -0.25) is 5.32 Å². The summed E-state index contributed by atoms with van der Waals surface area (Å²) in [7, 11) is 0. The number of carbonyl (C=O) groups is 1. The first-order valence-electron chi connectivity index (χ1n) is 7.28. The van der Waals surface area contributed by atoms with Crippen LogP contribution in [0.15, 0.2) is 24.3 Å². The lowest BCUT2D eigenvalue weighted by atomic mass is 10.2. The van der Waals surface area contributed by atoms with Gasteiger partial charge >= 0.3 is 6.09 Å². The molecule has 1 aromatic carbocycles. The molecule has 2 rings (SSSR count). The minimum Gasteiger partial charge on any atom is -0.444 e. The van der Waals surface area contributed by atoms with E-state index < -0.39 is 11.7 Å². The highest BCUT2D eigenvalue weighted by Crippen LogP contribution is 2.19. The molecule has 7 heteroatoms. The Hall–Kier alpha value is -2.70. The maximum atomic E-state index is 11.8. The predicted molar refractivity (Wildman–Crippen MR) is 88.9 cm³/mol. The molecule has 23 heavy (non-hydrogen) atoms. The summed E-state index contributed by atoms with van der Waals surface area (Å²) in [4.78, 5) is 24.4. The van der Waals surface area contributed by atoms with Crippen LogP contribution in [0.4, 0.5) is 22.1 Å². The second kappa shape index (κ2) is 6.60. The van der Waals surface area contributed by atoms with Crippen molar-refractivity contribution in [3.8, 4) is 0 Å². The number of benzene rings is 1. The summed E-state index contributed by atoms with van der Waals surface area (Å²) >= 11 is 0. The molecule has 122 valence electrons. The number of carbonyl (C=O) groups excluding carboxylic acids is 1. The van der Waals surface area contributed by atoms with Gasteiger partial charge in [0.05, 0.1) is 0 Å². The summed E-state index contributed by atoms with van der Waals surface area (Å²) in [5, 5.41) is 5.79. The molecule has 0 atom stereocenters. The van der Waals surface area contributed by atoms with Crippen LogP contribution in [-0.4, -0.2) is 26.6 Å². The second-order valence-corrected chi connectivity index (χ2v) is 6.09. The molecule has 1 heterocycles. The van der Waals surface area contributed by atoms with Gasteiger partial charge in [0.1, 0.15) is 17.2 Å². The maximum Gasteiger partial charge on any atom is 0.412 e. The van der Waals surface area contributed by atoms with Gasteiger partial charge in [-0.15, -0.1) is 0 Å². The predicted octanol–water partition coefficient (Wildman–Crippen LogP) is 3.58. The Kier molecular flexibility index (Phi) is 4.78. The fourth-order valence-corrected chi connectivity index (χ4v) is 1.90. The number of anilines is 3. The SMILES string of the molecule is Cc1nc(C)nc(Nc2cccc(NC(=O)OC(C)(C)C)c2)n1. The zero-order chi connectivity index (χ0) is 17.0. The van der Waals surface area contributed by atoms with Crippen LogP contribution < -0.4 is 10.6 Å². The third kappa shape index (κ3) is 5.54. The number of amides is 1. The van der Waals surface area contributed by atoms with E-state index in [1.54, 1.807) is 26.0 Å². The monoisotopic (exact) mass is 315 g/mol. The van der Waals surface area contributed by atoms with E-state index >= 15 is 0 Å². The smallest absolute Gasteiger partial charge is 0.412 e. The van der Waals surface area contributed by atoms with Gasteiger partial charge < -0.3 is 10.1 Å². The van der Waals surface area contributed by atoms with E-state index in [1.165, 1.54) is 0 Å². The van der Waals surface area contributed by atoms with Gasteiger partial charge in [0, 0.05) is 11.4 Å². The van der Waals surface area contributed by atoms with E-state index in [2.05, 4.69) is 25.6 Å². The Bertz CT molecular complexity index is 690. The highest BCUT2D eigenvalue weighted by Gasteiger charge is 2.16. The molecule has 2 N–H and O–H groups in total. The molecule has 0 bridgehead atoms. The molecule has 0 aliphatic carbocycles. The molecule has 1 aromatic heterocycles. The summed E-state index contributed by atoms with van der Waals surface area (Å²) < 4.78 is 5.23. The van der Waals surface area contributed by atoms with Crippen LogP contribution in [0, 0.1) is 13.8 Å². The number of ether oxygens (including phenoxy) is 1. The number of aryl methyl sites for hydroxylation is 2. The lowest BCUT2D eigenvalue weighted by Crippen LogP contribution is -2.27. The third-order valence-corrected chi connectivity index (χ3v) is 2.62. The van der Waals surface area contributed by atoms with Crippen LogP contribution in [-0.2, 0) is 4.74 Å². The van der Waals surface area contributed by atoms with Crippen molar-refractivity contribution in [2.75, 3.05) is 10.6 Å². The van der Waals surface area contributed by atoms with Gasteiger partial charge in [-0.1, -0.05) is 6.07 Å². The maximum absolute atomic E-state index is 11.8. The molecule has 0 radical (unpaired) electrons. The van der Waals surface area contributed by atoms with Crippen molar-refractivity contribution in [3.63, 3.8) is 0 Å². The second-order valence-electron chi connectivity index (χ2n) is 6.09. The van der Waals surface area contributed by atoms with Crippen molar-refractivity contribution in [3.05, 3.63) is 35.9 Å². The fourth-order valence-electron chi connectivity index (χ4n) is 1.90. The molecule has 0 unspecified atom stereocenters. The van der Waals surface area contributed by atoms with Crippen molar-refractivity contribution in [1.82, 2.24) is 15.0 Å². The van der Waals surface area contributed by atoms with Crippen LogP contribution in [0.2, 0.25) is 0 Å². The molecule has 0 fully saturated rings. The van der Waals surface area contributed by atoms with Crippen LogP contribution in [0.3, 0.4) is 0 Å². The summed E-state index contributed by atoms with van der Waals surface area (Å²) in [5.41, 5.74) is 0.829. The first kappa shape index (κ1) is 16.7. The molecule has 0 spiro atoms. The van der Waals surface area contributed by atoms with Crippen LogP contribution in [0.1, 0.15) is 32.4 Å². The zero-order valence-electron chi connectivity index (χ0n) is 14.0. The van der Waals surface area contributed by atoms with Crippen LogP contribution >= 0.6 is 0 Å². The average Bonchev–Trinajstić information content (AvgIpc) is 2.35. The van der Waals surface area contributed by atoms with Crippen molar-refractivity contribution in [1.29, 1.82) is 0 Å². The Morgan fingerprint density at radius 1 is 1.04 bits per heavy atom. The lowest BCUT2D eigenvalue weighted by Gasteiger charge is -2.19. The normalized spacial score (nSPS) is 11.0. The number of nitrogens with one attached hydrogen (secondary N) is 2. The minimum absolute atomic E-state index is 0.462. The average molecular weight is 315 g/mol. The number of aromatic nitrogens is 3. The summed E-state index contributed by atoms with van der Waals surface area (Å²) in [6.45, 7) is 9.06. The highest BCUT2D eigenvalue weighted by molar-refractivity contribution is 5.85. The van der Waals surface area contributed by atoms with Crippen LogP contribution in [0.25, 0.3) is 0 Å². The quantitative estimate of drug-likeness (QED) is 0.900. The van der Waals surface area contributed by atoms with E-state index in [4.69, 9.17) is 4.74 Å². The van der Waals surface area contributed by atoms with Crippen LogP contribution in [0.5, 0.6) is 0 Å². The zero-order valence-corrected chi connectivity index (χ0v) is 14.0. The first-order chi connectivity index (χ1) is 10.7. The third-order valence-electron chi connectivity index (χ3n) is 2.62. The lowest BCUT2D eigenvalue weighted by molar-refractivity contribution is 0.0636. The fraction of sp³-hybridized carbons (Fsp3) is 0.375. The molecule has 7 nitrogen and oxygen atoms in total. The topological polar surface area (TPSA) is 89.0 Å². The van der Waals surface area contributed by atoms with E-state index in [0.717, 1.165) is 5.69 Å². The van der Waals surface area contributed by atoms with Crippen molar-refractivity contribution in [2.24, 2.45) is 0 Å².